The molecule has 1 aromatic rings. The lowest BCUT2D eigenvalue weighted by Gasteiger charge is -1.97. The highest BCUT2D eigenvalue weighted by Gasteiger charge is 1.96. The molecule has 0 aliphatic rings. The van der Waals surface area contributed by atoms with E-state index in [4.69, 9.17) is 10.5 Å². The van der Waals surface area contributed by atoms with Crippen molar-refractivity contribution in [1.82, 2.24) is 0 Å². The number of thiophene rings is 1. The van der Waals surface area contributed by atoms with Crippen molar-refractivity contribution in [3.8, 4) is 5.06 Å². The van der Waals surface area contributed by atoms with Gasteiger partial charge in [-0.2, -0.15) is 0 Å². The molecule has 2 N–H and O–H groups in total. The molecule has 2 nitrogen and oxygen atoms in total. The van der Waals surface area contributed by atoms with Gasteiger partial charge in [-0.25, -0.2) is 0 Å². The first kappa shape index (κ1) is 8.56. The average molecular weight is 171 g/mol. The lowest BCUT2D eigenvalue weighted by atomic mass is 10.3. The summed E-state index contributed by atoms with van der Waals surface area (Å²) in [5.74, 6) is 0. The topological polar surface area (TPSA) is 35.2 Å². The van der Waals surface area contributed by atoms with Crippen LogP contribution in [0.1, 0.15) is 12.5 Å². The predicted molar refractivity (Wildman–Crippen MR) is 48.2 cm³/mol. The summed E-state index contributed by atoms with van der Waals surface area (Å²) in [6.45, 7) is 3.33. The second-order valence-corrected chi connectivity index (χ2v) is 3.14. The minimum atomic E-state index is 0.583. The molecular formula is C8H13NOS. The first-order valence-electron chi connectivity index (χ1n) is 3.77. The largest absolute Gasteiger partial charge is 0.483 e. The summed E-state index contributed by atoms with van der Waals surface area (Å²) in [5, 5.41) is 3.10. The van der Waals surface area contributed by atoms with Crippen LogP contribution in [0.2, 0.25) is 0 Å². The summed E-state index contributed by atoms with van der Waals surface area (Å²) in [6, 6.07) is 2.07. The van der Waals surface area contributed by atoms with E-state index in [0.29, 0.717) is 13.2 Å². The minimum absolute atomic E-state index is 0.583. The molecule has 0 unspecified atom stereocenters. The van der Waals surface area contributed by atoms with Gasteiger partial charge in [0.15, 0.2) is 5.06 Å². The molecule has 0 radical (unpaired) electrons. The molecule has 1 rings (SSSR count). The van der Waals surface area contributed by atoms with Crippen LogP contribution in [0.15, 0.2) is 11.4 Å². The molecule has 1 aromatic heterocycles. The van der Waals surface area contributed by atoms with Crippen molar-refractivity contribution in [3.05, 3.63) is 17.0 Å². The van der Waals surface area contributed by atoms with Crippen molar-refractivity contribution in [2.75, 3.05) is 13.2 Å². The smallest absolute Gasteiger partial charge is 0.174 e. The fourth-order valence-electron chi connectivity index (χ4n) is 0.774. The van der Waals surface area contributed by atoms with Gasteiger partial charge >= 0.3 is 0 Å². The third-order valence-corrected chi connectivity index (χ3v) is 2.29. The summed E-state index contributed by atoms with van der Waals surface area (Å²) < 4.78 is 5.33. The van der Waals surface area contributed by atoms with Crippen LogP contribution in [0.4, 0.5) is 0 Å². The molecule has 0 spiro atoms. The first-order chi connectivity index (χ1) is 5.36. The maximum Gasteiger partial charge on any atom is 0.174 e. The third kappa shape index (κ3) is 2.52. The molecule has 0 amide bonds. The number of ether oxygens (including phenoxy) is 1. The zero-order chi connectivity index (χ0) is 8.10. The Hall–Kier alpha value is -0.540. The zero-order valence-electron chi connectivity index (χ0n) is 6.67. The molecule has 0 saturated carbocycles. The lowest BCUT2D eigenvalue weighted by Crippen LogP contribution is -2.09. The normalized spacial score (nSPS) is 10.0. The monoisotopic (exact) mass is 171 g/mol. The Bertz CT molecular complexity index is 210. The molecule has 0 bridgehead atoms. The zero-order valence-corrected chi connectivity index (χ0v) is 7.49. The second kappa shape index (κ2) is 4.36. The van der Waals surface area contributed by atoms with Crippen molar-refractivity contribution in [1.29, 1.82) is 0 Å². The molecule has 0 fully saturated rings. The number of aryl methyl sites for hydroxylation is 1. The van der Waals surface area contributed by atoms with Gasteiger partial charge in [0.2, 0.25) is 0 Å². The van der Waals surface area contributed by atoms with Crippen molar-refractivity contribution in [3.63, 3.8) is 0 Å². The van der Waals surface area contributed by atoms with E-state index in [9.17, 15) is 0 Å². The van der Waals surface area contributed by atoms with Crippen LogP contribution in [-0.2, 0) is 6.42 Å². The molecule has 62 valence electrons. The van der Waals surface area contributed by atoms with Gasteiger partial charge in [0.25, 0.3) is 0 Å². The van der Waals surface area contributed by atoms with Crippen molar-refractivity contribution >= 4 is 11.3 Å². The Morgan fingerprint density at radius 2 is 2.45 bits per heavy atom. The minimum Gasteiger partial charge on any atom is -0.483 e. The number of hydrogen-bond donors (Lipinski definition) is 1. The number of hydrogen-bond acceptors (Lipinski definition) is 3. The Labute approximate surface area is 71.0 Å². The molecule has 0 aliphatic carbocycles. The van der Waals surface area contributed by atoms with Gasteiger partial charge in [-0.15, -0.1) is 11.3 Å². The van der Waals surface area contributed by atoms with Gasteiger partial charge in [-0.3, -0.25) is 0 Å². The van der Waals surface area contributed by atoms with Crippen molar-refractivity contribution in [2.24, 2.45) is 5.73 Å². The highest BCUT2D eigenvalue weighted by Crippen LogP contribution is 2.22. The van der Waals surface area contributed by atoms with E-state index in [1.807, 2.05) is 0 Å². The summed E-state index contributed by atoms with van der Waals surface area (Å²) >= 11 is 1.64. The van der Waals surface area contributed by atoms with Crippen LogP contribution in [-0.4, -0.2) is 13.2 Å². The van der Waals surface area contributed by atoms with E-state index < -0.39 is 0 Å². The Morgan fingerprint density at radius 3 is 3.00 bits per heavy atom. The summed E-state index contributed by atoms with van der Waals surface area (Å²) in [6.07, 6.45) is 1.07. The molecule has 0 aromatic carbocycles. The Kier molecular flexibility index (Phi) is 3.39. The van der Waals surface area contributed by atoms with E-state index in [2.05, 4.69) is 18.4 Å². The first-order valence-corrected chi connectivity index (χ1v) is 4.65. The van der Waals surface area contributed by atoms with Gasteiger partial charge < -0.3 is 10.5 Å². The summed E-state index contributed by atoms with van der Waals surface area (Å²) in [7, 11) is 0. The SMILES string of the molecule is CCc1csc(OCCN)c1. The van der Waals surface area contributed by atoms with E-state index in [0.717, 1.165) is 11.5 Å². The van der Waals surface area contributed by atoms with Gasteiger partial charge in [0, 0.05) is 6.54 Å². The standard InChI is InChI=1S/C8H13NOS/c1-2-7-5-8(11-6-7)10-4-3-9/h5-6H,2-4,9H2,1H3. The molecule has 11 heavy (non-hydrogen) atoms. The molecule has 0 atom stereocenters. The third-order valence-electron chi connectivity index (χ3n) is 1.40. The van der Waals surface area contributed by atoms with Crippen LogP contribution in [0.25, 0.3) is 0 Å². The fraction of sp³-hybridized carbons (Fsp3) is 0.500. The lowest BCUT2D eigenvalue weighted by molar-refractivity contribution is 0.338. The van der Waals surface area contributed by atoms with Gasteiger partial charge in [0.05, 0.1) is 0 Å². The Balaban J connectivity index is 2.44. The van der Waals surface area contributed by atoms with E-state index in [1.165, 1.54) is 5.56 Å². The van der Waals surface area contributed by atoms with E-state index in [-0.39, 0.29) is 0 Å². The molecule has 3 heteroatoms. The highest BCUT2D eigenvalue weighted by atomic mass is 32.1. The van der Waals surface area contributed by atoms with E-state index >= 15 is 0 Å². The second-order valence-electron chi connectivity index (χ2n) is 2.26. The summed E-state index contributed by atoms with van der Waals surface area (Å²) in [4.78, 5) is 0. The van der Waals surface area contributed by atoms with Gasteiger partial charge in [-0.05, 0) is 23.4 Å². The number of nitrogens with two attached hydrogens (primary N) is 1. The number of rotatable bonds is 4. The quantitative estimate of drug-likeness (QED) is 0.747. The van der Waals surface area contributed by atoms with Crippen LogP contribution in [0.3, 0.4) is 0 Å². The maximum atomic E-state index is 5.33. The van der Waals surface area contributed by atoms with Gasteiger partial charge in [0.1, 0.15) is 6.61 Å². The average Bonchev–Trinajstić information content (AvgIpc) is 2.48. The van der Waals surface area contributed by atoms with Crippen LogP contribution < -0.4 is 10.5 Å². The van der Waals surface area contributed by atoms with Crippen LogP contribution >= 0.6 is 11.3 Å². The predicted octanol–water partition coefficient (Wildman–Crippen LogP) is 1.65. The van der Waals surface area contributed by atoms with Crippen LogP contribution in [0.5, 0.6) is 5.06 Å². The van der Waals surface area contributed by atoms with Gasteiger partial charge in [-0.1, -0.05) is 6.92 Å². The molecule has 0 saturated heterocycles. The van der Waals surface area contributed by atoms with E-state index in [1.54, 1.807) is 11.3 Å². The molecule has 1 heterocycles. The molecule has 0 aliphatic heterocycles. The van der Waals surface area contributed by atoms with Crippen molar-refractivity contribution < 1.29 is 4.74 Å². The van der Waals surface area contributed by atoms with Crippen molar-refractivity contribution in [2.45, 2.75) is 13.3 Å². The maximum absolute atomic E-state index is 5.33. The van der Waals surface area contributed by atoms with Crippen LogP contribution in [0, 0.1) is 0 Å². The summed E-state index contributed by atoms with van der Waals surface area (Å²) in [5.41, 5.74) is 6.63. The molecular weight excluding hydrogens is 158 g/mol. The highest BCUT2D eigenvalue weighted by molar-refractivity contribution is 7.12. The Morgan fingerprint density at radius 1 is 1.64 bits per heavy atom. The fourth-order valence-corrected chi connectivity index (χ4v) is 1.65.